The van der Waals surface area contributed by atoms with E-state index in [1.165, 1.54) is 17.3 Å². The number of aromatic nitrogens is 2. The molecule has 0 N–H and O–H groups in total. The maximum absolute atomic E-state index is 14.8. The highest BCUT2D eigenvalue weighted by Gasteiger charge is 2.44. The van der Waals surface area contributed by atoms with Gasteiger partial charge in [-0.1, -0.05) is 103 Å². The van der Waals surface area contributed by atoms with Gasteiger partial charge in [0.1, 0.15) is 0 Å². The molecular weight excluding hydrogens is 550 g/mol. The van der Waals surface area contributed by atoms with Crippen molar-refractivity contribution < 1.29 is 4.79 Å². The number of amides is 1. The van der Waals surface area contributed by atoms with Crippen molar-refractivity contribution >= 4 is 29.0 Å². The molecule has 7 rings (SSSR count). The number of carbonyl (C=O) groups is 1. The predicted octanol–water partition coefficient (Wildman–Crippen LogP) is 8.03. The molecule has 2 aliphatic rings. The van der Waals surface area contributed by atoms with Gasteiger partial charge in [-0.3, -0.25) is 19.1 Å². The molecule has 0 saturated heterocycles. The van der Waals surface area contributed by atoms with Gasteiger partial charge in [-0.05, 0) is 67.6 Å². The first-order valence-corrected chi connectivity index (χ1v) is 15.9. The average Bonchev–Trinajstić information content (AvgIpc) is 3.50. The standard InChI is InChI=1S/C37H33N3O2S/c1-26-14-8-11-21-31(26)40-35(42)33-34(30-20-10-9-15-27(30)24-37(33)22-12-13-23-37)38-36(40)43-25-32(41)39(28-16-4-2-5-17-28)29-18-6-3-7-19-29/h2-11,14-21H,12-13,22-25H2,1H3. The van der Waals surface area contributed by atoms with Gasteiger partial charge < -0.3 is 0 Å². The molecule has 6 heteroatoms. The van der Waals surface area contributed by atoms with Crippen molar-refractivity contribution in [3.63, 3.8) is 0 Å². The smallest absolute Gasteiger partial charge is 0.263 e. The molecule has 0 bridgehead atoms. The Balaban J connectivity index is 1.36. The summed E-state index contributed by atoms with van der Waals surface area (Å²) in [6.07, 6.45) is 5.09. The first kappa shape index (κ1) is 27.4. The van der Waals surface area contributed by atoms with Gasteiger partial charge in [0.2, 0.25) is 5.91 Å². The molecule has 214 valence electrons. The van der Waals surface area contributed by atoms with Crippen molar-refractivity contribution in [3.8, 4) is 16.9 Å². The van der Waals surface area contributed by atoms with E-state index in [1.807, 2.05) is 97.9 Å². The lowest BCUT2D eigenvalue weighted by Gasteiger charge is -2.36. The number of para-hydroxylation sites is 3. The fraction of sp³-hybridized carbons (Fsp3) is 0.216. The van der Waals surface area contributed by atoms with Gasteiger partial charge in [-0.15, -0.1) is 0 Å². The number of aryl methyl sites for hydroxylation is 1. The average molecular weight is 584 g/mol. The largest absolute Gasteiger partial charge is 0.280 e. The second-order valence-electron chi connectivity index (χ2n) is 11.6. The Morgan fingerprint density at radius 3 is 2.12 bits per heavy atom. The summed E-state index contributed by atoms with van der Waals surface area (Å²) in [7, 11) is 0. The van der Waals surface area contributed by atoms with Crippen LogP contribution in [0.15, 0.2) is 119 Å². The van der Waals surface area contributed by atoms with Crippen LogP contribution in [0.25, 0.3) is 16.9 Å². The molecule has 5 aromatic rings. The molecule has 1 spiro atoms. The number of anilines is 2. The molecule has 0 atom stereocenters. The van der Waals surface area contributed by atoms with Gasteiger partial charge in [0.05, 0.1) is 22.7 Å². The lowest BCUT2D eigenvalue weighted by atomic mass is 9.68. The van der Waals surface area contributed by atoms with E-state index >= 15 is 0 Å². The van der Waals surface area contributed by atoms with Crippen molar-refractivity contribution in [2.45, 2.75) is 49.6 Å². The van der Waals surface area contributed by atoms with E-state index in [9.17, 15) is 9.59 Å². The fourth-order valence-electron chi connectivity index (χ4n) is 6.92. The molecule has 5 nitrogen and oxygen atoms in total. The van der Waals surface area contributed by atoms with Crippen molar-refractivity contribution in [2.75, 3.05) is 10.7 Å². The predicted molar refractivity (Wildman–Crippen MR) is 175 cm³/mol. The van der Waals surface area contributed by atoms with Crippen molar-refractivity contribution in [1.29, 1.82) is 0 Å². The number of fused-ring (bicyclic) bond motifs is 4. The summed E-state index contributed by atoms with van der Waals surface area (Å²) < 4.78 is 1.77. The molecule has 1 heterocycles. The van der Waals surface area contributed by atoms with E-state index in [0.717, 1.165) is 71.6 Å². The van der Waals surface area contributed by atoms with Gasteiger partial charge in [-0.25, -0.2) is 4.98 Å². The minimum absolute atomic E-state index is 0.00590. The summed E-state index contributed by atoms with van der Waals surface area (Å²) in [4.78, 5) is 35.8. The van der Waals surface area contributed by atoms with Crippen molar-refractivity contribution in [3.05, 3.63) is 136 Å². The summed E-state index contributed by atoms with van der Waals surface area (Å²) in [6, 6.07) is 35.7. The number of thioether (sulfide) groups is 1. The third-order valence-corrected chi connectivity index (χ3v) is 9.83. The van der Waals surface area contributed by atoms with Crippen LogP contribution in [-0.4, -0.2) is 21.2 Å². The van der Waals surface area contributed by atoms with E-state index in [0.29, 0.717) is 5.16 Å². The van der Waals surface area contributed by atoms with E-state index in [4.69, 9.17) is 4.98 Å². The summed E-state index contributed by atoms with van der Waals surface area (Å²) in [6.45, 7) is 2.02. The third-order valence-electron chi connectivity index (χ3n) is 8.90. The van der Waals surface area contributed by atoms with E-state index in [-0.39, 0.29) is 22.6 Å². The van der Waals surface area contributed by atoms with Gasteiger partial charge in [-0.2, -0.15) is 0 Å². The number of nitrogens with zero attached hydrogens (tertiary/aromatic N) is 3. The molecule has 1 saturated carbocycles. The Morgan fingerprint density at radius 2 is 1.44 bits per heavy atom. The Hall–Kier alpha value is -4.42. The zero-order valence-electron chi connectivity index (χ0n) is 24.2. The summed E-state index contributed by atoms with van der Waals surface area (Å²) in [5.41, 5.74) is 7.12. The Kier molecular flexibility index (Phi) is 7.23. The lowest BCUT2D eigenvalue weighted by Crippen LogP contribution is -2.40. The molecule has 4 aromatic carbocycles. The summed E-state index contributed by atoms with van der Waals surface area (Å²) in [5, 5.41) is 0.539. The summed E-state index contributed by atoms with van der Waals surface area (Å²) >= 11 is 1.33. The monoisotopic (exact) mass is 583 g/mol. The molecule has 1 fully saturated rings. The number of hydrogen-bond acceptors (Lipinski definition) is 4. The maximum atomic E-state index is 14.8. The first-order valence-electron chi connectivity index (χ1n) is 14.9. The number of benzene rings is 4. The lowest BCUT2D eigenvalue weighted by molar-refractivity contribution is -0.115. The van der Waals surface area contributed by atoms with Crippen LogP contribution in [0.4, 0.5) is 11.4 Å². The van der Waals surface area contributed by atoms with Crippen LogP contribution in [0.5, 0.6) is 0 Å². The highest BCUT2D eigenvalue weighted by molar-refractivity contribution is 7.99. The molecule has 2 aliphatic carbocycles. The van der Waals surface area contributed by atoms with Crippen LogP contribution in [0.2, 0.25) is 0 Å². The van der Waals surface area contributed by atoms with E-state index in [2.05, 4.69) is 18.2 Å². The highest BCUT2D eigenvalue weighted by atomic mass is 32.2. The maximum Gasteiger partial charge on any atom is 0.263 e. The molecule has 0 aliphatic heterocycles. The normalized spacial score (nSPS) is 14.7. The van der Waals surface area contributed by atoms with Crippen LogP contribution in [0.1, 0.15) is 42.4 Å². The third kappa shape index (κ3) is 4.90. The highest BCUT2D eigenvalue weighted by Crippen LogP contribution is 2.50. The van der Waals surface area contributed by atoms with Crippen LogP contribution >= 0.6 is 11.8 Å². The minimum atomic E-state index is -0.200. The van der Waals surface area contributed by atoms with Gasteiger partial charge in [0.15, 0.2) is 5.16 Å². The second-order valence-corrected chi connectivity index (χ2v) is 12.5. The van der Waals surface area contributed by atoms with Gasteiger partial charge >= 0.3 is 0 Å². The molecular formula is C37H33N3O2S. The Labute approximate surface area is 256 Å². The molecule has 0 radical (unpaired) electrons. The van der Waals surface area contributed by atoms with Crippen LogP contribution in [0, 0.1) is 6.92 Å². The zero-order valence-corrected chi connectivity index (χ0v) is 25.0. The van der Waals surface area contributed by atoms with Crippen LogP contribution in [-0.2, 0) is 16.6 Å². The number of rotatable bonds is 6. The number of hydrogen-bond donors (Lipinski definition) is 0. The van der Waals surface area contributed by atoms with E-state index < -0.39 is 0 Å². The van der Waals surface area contributed by atoms with Crippen molar-refractivity contribution in [1.82, 2.24) is 9.55 Å². The zero-order chi connectivity index (χ0) is 29.4. The Morgan fingerprint density at radius 1 is 0.837 bits per heavy atom. The molecule has 43 heavy (non-hydrogen) atoms. The van der Waals surface area contributed by atoms with E-state index in [1.54, 1.807) is 9.47 Å². The number of carbonyl (C=O) groups excluding carboxylic acids is 1. The van der Waals surface area contributed by atoms with Crippen LogP contribution in [0.3, 0.4) is 0 Å². The van der Waals surface area contributed by atoms with Crippen molar-refractivity contribution in [2.24, 2.45) is 0 Å². The van der Waals surface area contributed by atoms with Gasteiger partial charge in [0.25, 0.3) is 5.56 Å². The summed E-state index contributed by atoms with van der Waals surface area (Å²) in [5.74, 6) is 0.0339. The quantitative estimate of drug-likeness (QED) is 0.150. The topological polar surface area (TPSA) is 55.2 Å². The molecule has 1 aromatic heterocycles. The molecule has 0 unspecified atom stereocenters. The molecule has 1 amide bonds. The van der Waals surface area contributed by atoms with Gasteiger partial charge in [0, 0.05) is 22.4 Å². The minimum Gasteiger partial charge on any atom is -0.280 e. The Bertz CT molecular complexity index is 1820. The SMILES string of the molecule is Cc1ccccc1-n1c(SCC(=O)N(c2ccccc2)c2ccccc2)nc2c(c1=O)C1(CCCC1)Cc1ccccc1-2. The first-order chi connectivity index (χ1) is 21.1. The fourth-order valence-corrected chi connectivity index (χ4v) is 7.76. The second kappa shape index (κ2) is 11.3. The van der Waals surface area contributed by atoms with Crippen LogP contribution < -0.4 is 10.5 Å².